The van der Waals surface area contributed by atoms with Crippen molar-refractivity contribution in [3.05, 3.63) is 54.3 Å². The van der Waals surface area contributed by atoms with E-state index in [0.29, 0.717) is 0 Å². The van der Waals surface area contributed by atoms with Crippen LogP contribution in [0.1, 0.15) is 57.8 Å². The largest absolute Gasteiger partial charge is 0.339 e. The van der Waals surface area contributed by atoms with Gasteiger partial charge >= 0.3 is 0 Å². The van der Waals surface area contributed by atoms with Crippen LogP contribution in [0.4, 0.5) is 4.39 Å². The Morgan fingerprint density at radius 3 is 2.66 bits per heavy atom. The minimum Gasteiger partial charge on any atom is -0.339 e. The number of nitrogens with zero attached hydrogens (tertiary/aromatic N) is 2. The van der Waals surface area contributed by atoms with Crippen LogP contribution in [-0.4, -0.2) is 9.55 Å². The monoisotopic (exact) mass is 388 g/mol. The molecular weight excluding hydrogens is 359 g/mol. The normalized spacial score (nSPS) is 15.6. The van der Waals surface area contributed by atoms with Crippen LogP contribution in [0.2, 0.25) is 0 Å². The molecule has 0 bridgehead atoms. The minimum atomic E-state index is -0.205. The van der Waals surface area contributed by atoms with E-state index in [9.17, 15) is 4.39 Å². The van der Waals surface area contributed by atoms with Crippen LogP contribution in [0.15, 0.2) is 48.5 Å². The van der Waals surface area contributed by atoms with Gasteiger partial charge in [-0.1, -0.05) is 69.6 Å². The molecule has 150 valence electrons. The Morgan fingerprint density at radius 1 is 0.897 bits per heavy atom. The second kappa shape index (κ2) is 8.14. The number of rotatable bonds is 6. The molecular formula is C26H29FN2. The highest BCUT2D eigenvalue weighted by Crippen LogP contribution is 2.31. The molecule has 0 saturated heterocycles. The molecule has 3 heteroatoms. The van der Waals surface area contributed by atoms with E-state index in [1.54, 1.807) is 12.1 Å². The highest BCUT2D eigenvalue weighted by Gasteiger charge is 2.14. The van der Waals surface area contributed by atoms with E-state index in [1.807, 2.05) is 0 Å². The maximum atomic E-state index is 13.7. The molecule has 2 aromatic heterocycles. The van der Waals surface area contributed by atoms with E-state index < -0.39 is 0 Å². The van der Waals surface area contributed by atoms with Crippen molar-refractivity contribution in [3.8, 4) is 0 Å². The zero-order valence-electron chi connectivity index (χ0n) is 17.0. The smallest absolute Gasteiger partial charge is 0.123 e. The number of hydrogen-bond acceptors (Lipinski definition) is 1. The van der Waals surface area contributed by atoms with Gasteiger partial charge < -0.3 is 4.57 Å². The quantitative estimate of drug-likeness (QED) is 0.311. The van der Waals surface area contributed by atoms with Crippen molar-refractivity contribution in [1.82, 2.24) is 9.55 Å². The minimum absolute atomic E-state index is 0.205. The Morgan fingerprint density at radius 2 is 1.76 bits per heavy atom. The van der Waals surface area contributed by atoms with E-state index in [0.717, 1.165) is 34.4 Å². The Kier molecular flexibility index (Phi) is 5.22. The first-order valence-electron chi connectivity index (χ1n) is 11.3. The van der Waals surface area contributed by atoms with E-state index in [-0.39, 0.29) is 5.82 Å². The van der Waals surface area contributed by atoms with Crippen molar-refractivity contribution >= 4 is 32.8 Å². The summed E-state index contributed by atoms with van der Waals surface area (Å²) in [5.41, 5.74) is 4.24. The summed E-state index contributed by atoms with van der Waals surface area (Å²) in [6.45, 7) is 0.997. The molecule has 2 heterocycles. The summed E-state index contributed by atoms with van der Waals surface area (Å²) >= 11 is 0. The van der Waals surface area contributed by atoms with Gasteiger partial charge in [-0.3, -0.25) is 0 Å². The molecule has 0 N–H and O–H groups in total. The summed E-state index contributed by atoms with van der Waals surface area (Å²) in [7, 11) is 0. The first kappa shape index (κ1) is 18.6. The van der Waals surface area contributed by atoms with Crippen LogP contribution in [0.25, 0.3) is 32.8 Å². The molecule has 0 spiro atoms. The third kappa shape index (κ3) is 3.75. The van der Waals surface area contributed by atoms with Gasteiger partial charge in [-0.25, -0.2) is 9.37 Å². The number of aryl methyl sites for hydroxylation is 1. The molecule has 4 aromatic rings. The van der Waals surface area contributed by atoms with Gasteiger partial charge in [-0.15, -0.1) is 0 Å². The first-order chi connectivity index (χ1) is 14.3. The first-order valence-corrected chi connectivity index (χ1v) is 11.3. The molecule has 5 rings (SSSR count). The second-order valence-corrected chi connectivity index (χ2v) is 8.72. The highest BCUT2D eigenvalue weighted by molar-refractivity contribution is 6.08. The fourth-order valence-corrected chi connectivity index (χ4v) is 5.18. The lowest BCUT2D eigenvalue weighted by atomic mass is 9.85. The molecule has 0 radical (unpaired) electrons. The maximum absolute atomic E-state index is 13.7. The Bertz CT molecular complexity index is 1140. The zero-order valence-corrected chi connectivity index (χ0v) is 17.0. The van der Waals surface area contributed by atoms with Gasteiger partial charge in [0.1, 0.15) is 5.82 Å². The number of para-hydroxylation sites is 1. The summed E-state index contributed by atoms with van der Waals surface area (Å²) in [5, 5.41) is 2.06. The predicted octanol–water partition coefficient (Wildman–Crippen LogP) is 7.62. The summed E-state index contributed by atoms with van der Waals surface area (Å²) in [6, 6.07) is 15.5. The van der Waals surface area contributed by atoms with Gasteiger partial charge in [0.15, 0.2) is 0 Å². The molecule has 2 nitrogen and oxygen atoms in total. The lowest BCUT2D eigenvalue weighted by molar-refractivity contribution is 0.327. The number of hydrogen-bond donors (Lipinski definition) is 0. The Balaban J connectivity index is 1.39. The standard InChI is InChI=1S/C26H29FN2/c27-21-14-15-23-20(17-21)18-25-26(28-23)22-12-6-7-13-24(22)29(25)16-8-2-5-11-19-9-3-1-4-10-19/h6-7,12-15,17-19H,1-5,8-11,16H2. The third-order valence-corrected chi connectivity index (χ3v) is 6.72. The average Bonchev–Trinajstić information content (AvgIpc) is 3.05. The van der Waals surface area contributed by atoms with Crippen molar-refractivity contribution in [3.63, 3.8) is 0 Å². The van der Waals surface area contributed by atoms with Crippen molar-refractivity contribution in [2.24, 2.45) is 5.92 Å². The van der Waals surface area contributed by atoms with Gasteiger partial charge in [-0.05, 0) is 42.7 Å². The molecule has 1 saturated carbocycles. The lowest BCUT2D eigenvalue weighted by Gasteiger charge is -2.21. The molecule has 0 atom stereocenters. The number of benzene rings is 2. The van der Waals surface area contributed by atoms with Crippen LogP contribution in [0, 0.1) is 11.7 Å². The number of fused-ring (bicyclic) bond motifs is 4. The topological polar surface area (TPSA) is 17.8 Å². The Hall–Kier alpha value is -2.42. The number of halogens is 1. The molecule has 0 amide bonds. The van der Waals surface area contributed by atoms with Crippen molar-refractivity contribution in [2.45, 2.75) is 64.3 Å². The lowest BCUT2D eigenvalue weighted by Crippen LogP contribution is -2.06. The third-order valence-electron chi connectivity index (χ3n) is 6.72. The summed E-state index contributed by atoms with van der Waals surface area (Å²) in [5.74, 6) is 0.770. The summed E-state index contributed by atoms with van der Waals surface area (Å²) in [4.78, 5) is 4.89. The van der Waals surface area contributed by atoms with E-state index in [4.69, 9.17) is 4.98 Å². The molecule has 1 aliphatic carbocycles. The van der Waals surface area contributed by atoms with Gasteiger partial charge in [0, 0.05) is 17.3 Å². The van der Waals surface area contributed by atoms with Crippen LogP contribution in [0.5, 0.6) is 0 Å². The number of aromatic nitrogens is 2. The van der Waals surface area contributed by atoms with E-state index >= 15 is 0 Å². The SMILES string of the molecule is Fc1ccc2nc3c4ccccc4n(CCCCCC4CCCCC4)c3cc2c1. The van der Waals surface area contributed by atoms with Gasteiger partial charge in [-0.2, -0.15) is 0 Å². The fourth-order valence-electron chi connectivity index (χ4n) is 5.18. The van der Waals surface area contributed by atoms with Crippen LogP contribution in [0.3, 0.4) is 0 Å². The average molecular weight is 389 g/mol. The number of unbranched alkanes of at least 4 members (excludes halogenated alkanes) is 2. The number of pyridine rings is 1. The van der Waals surface area contributed by atoms with Crippen LogP contribution >= 0.6 is 0 Å². The second-order valence-electron chi connectivity index (χ2n) is 8.72. The molecule has 2 aromatic carbocycles. The summed E-state index contributed by atoms with van der Waals surface area (Å²) in [6.07, 6.45) is 12.4. The van der Waals surface area contributed by atoms with Gasteiger partial charge in [0.25, 0.3) is 0 Å². The van der Waals surface area contributed by atoms with E-state index in [2.05, 4.69) is 34.9 Å². The maximum Gasteiger partial charge on any atom is 0.123 e. The van der Waals surface area contributed by atoms with Crippen molar-refractivity contribution < 1.29 is 4.39 Å². The molecule has 29 heavy (non-hydrogen) atoms. The van der Waals surface area contributed by atoms with E-state index in [1.165, 1.54) is 74.8 Å². The molecule has 1 fully saturated rings. The molecule has 1 aliphatic rings. The van der Waals surface area contributed by atoms with Crippen LogP contribution < -0.4 is 0 Å². The van der Waals surface area contributed by atoms with Crippen LogP contribution in [-0.2, 0) is 6.54 Å². The van der Waals surface area contributed by atoms with Crippen molar-refractivity contribution in [1.29, 1.82) is 0 Å². The van der Waals surface area contributed by atoms with Crippen molar-refractivity contribution in [2.75, 3.05) is 0 Å². The van der Waals surface area contributed by atoms with Gasteiger partial charge in [0.05, 0.1) is 22.1 Å². The molecule has 0 aliphatic heterocycles. The fraction of sp³-hybridized carbons (Fsp3) is 0.423. The summed E-state index contributed by atoms with van der Waals surface area (Å²) < 4.78 is 16.1. The Labute approximate surface area is 171 Å². The highest BCUT2D eigenvalue weighted by atomic mass is 19.1. The molecule has 0 unspecified atom stereocenters. The predicted molar refractivity (Wildman–Crippen MR) is 120 cm³/mol. The van der Waals surface area contributed by atoms with Gasteiger partial charge in [0.2, 0.25) is 0 Å². The zero-order chi connectivity index (χ0) is 19.6.